The maximum Gasteiger partial charge on any atom is 0.298 e. The zero-order chi connectivity index (χ0) is 27.3. The van der Waals surface area contributed by atoms with Gasteiger partial charge in [-0.25, -0.2) is 0 Å². The molecule has 1 aromatic heterocycles. The van der Waals surface area contributed by atoms with Crippen molar-refractivity contribution in [2.75, 3.05) is 7.11 Å². The molecule has 0 spiro atoms. The fraction of sp³-hybridized carbons (Fsp3) is 0.516. The van der Waals surface area contributed by atoms with Gasteiger partial charge in [-0.3, -0.25) is 14.6 Å². The maximum atomic E-state index is 13.9. The van der Waals surface area contributed by atoms with E-state index in [9.17, 15) is 9.59 Å². The lowest BCUT2D eigenvalue weighted by Crippen LogP contribution is -2.71. The lowest BCUT2D eigenvalue weighted by molar-refractivity contribution is -0.201. The van der Waals surface area contributed by atoms with Crippen molar-refractivity contribution >= 4 is 19.9 Å². The minimum absolute atomic E-state index is 0.0435. The molecule has 7 heteroatoms. The summed E-state index contributed by atoms with van der Waals surface area (Å²) in [6.45, 7) is 8.72. The van der Waals surface area contributed by atoms with Crippen molar-refractivity contribution in [3.05, 3.63) is 58.9 Å². The average Bonchev–Trinajstić information content (AvgIpc) is 2.83. The molecule has 2 bridgehead atoms. The monoisotopic (exact) mass is 529 g/mol. The standard InChI is InChI=1S/C31H39N3O3Si/c1-6-7-8-22-15-21-16-23(37-2)9-10-24(21)28(34(22)27(35)12-14-38(3,4)5)31-18-30(19-31,20-31)26-17-33-13-11-25(26)29(32)36/h9-11,13,16-17,22,28H,6-8,15,18-20H2,1-5H3,(H2,32,36)/t22-,28+,30?,31?/m0/s1. The van der Waals surface area contributed by atoms with Gasteiger partial charge in [0.2, 0.25) is 5.91 Å². The number of rotatable bonds is 7. The van der Waals surface area contributed by atoms with Crippen LogP contribution >= 0.6 is 0 Å². The van der Waals surface area contributed by atoms with Crippen LogP contribution in [0.1, 0.15) is 78.5 Å². The molecule has 200 valence electrons. The number of primary amides is 1. The van der Waals surface area contributed by atoms with E-state index in [4.69, 9.17) is 10.5 Å². The fourth-order valence-corrected chi connectivity index (χ4v) is 7.72. The molecule has 6 nitrogen and oxygen atoms in total. The Morgan fingerprint density at radius 3 is 2.58 bits per heavy atom. The maximum absolute atomic E-state index is 13.9. The second-order valence-corrected chi connectivity index (χ2v) is 17.4. The van der Waals surface area contributed by atoms with Gasteiger partial charge in [0, 0.05) is 24.0 Å². The summed E-state index contributed by atoms with van der Waals surface area (Å²) in [5.74, 6) is 3.49. The van der Waals surface area contributed by atoms with E-state index in [-0.39, 0.29) is 28.8 Å². The zero-order valence-corrected chi connectivity index (χ0v) is 24.3. The molecule has 3 fully saturated rings. The van der Waals surface area contributed by atoms with E-state index in [0.29, 0.717) is 5.56 Å². The fourth-order valence-electron chi connectivity index (χ4n) is 7.23. The van der Waals surface area contributed by atoms with E-state index in [0.717, 1.165) is 56.3 Å². The van der Waals surface area contributed by atoms with Crippen LogP contribution in [0.2, 0.25) is 19.6 Å². The third kappa shape index (κ3) is 4.43. The summed E-state index contributed by atoms with van der Waals surface area (Å²) in [4.78, 5) is 32.6. The summed E-state index contributed by atoms with van der Waals surface area (Å²) >= 11 is 0. The zero-order valence-electron chi connectivity index (χ0n) is 23.3. The lowest BCUT2D eigenvalue weighted by Gasteiger charge is -2.75. The van der Waals surface area contributed by atoms with Crippen molar-refractivity contribution in [3.63, 3.8) is 0 Å². The van der Waals surface area contributed by atoms with Crippen LogP contribution in [0.4, 0.5) is 0 Å². The smallest absolute Gasteiger partial charge is 0.298 e. The van der Waals surface area contributed by atoms with Gasteiger partial charge in [-0.2, -0.15) is 0 Å². The normalized spacial score (nSPS) is 27.2. The molecule has 38 heavy (non-hydrogen) atoms. The Bertz CT molecular complexity index is 1320. The summed E-state index contributed by atoms with van der Waals surface area (Å²) in [6, 6.07) is 8.13. The topological polar surface area (TPSA) is 85.5 Å². The van der Waals surface area contributed by atoms with Crippen molar-refractivity contribution in [3.8, 4) is 17.2 Å². The highest BCUT2D eigenvalue weighted by Crippen LogP contribution is 2.79. The highest BCUT2D eigenvalue weighted by atomic mass is 28.3. The first-order valence-corrected chi connectivity index (χ1v) is 17.3. The van der Waals surface area contributed by atoms with Gasteiger partial charge in [-0.1, -0.05) is 45.5 Å². The van der Waals surface area contributed by atoms with Gasteiger partial charge in [0.05, 0.1) is 13.2 Å². The summed E-state index contributed by atoms with van der Waals surface area (Å²) in [7, 11) is -0.0146. The van der Waals surface area contributed by atoms with Crippen LogP contribution in [-0.2, 0) is 16.6 Å². The molecule has 0 saturated heterocycles. The number of carbonyl (C=O) groups is 2. The Balaban J connectivity index is 1.56. The Hall–Kier alpha value is -3.11. The quantitative estimate of drug-likeness (QED) is 0.396. The van der Waals surface area contributed by atoms with Gasteiger partial charge < -0.3 is 15.4 Å². The number of methoxy groups -OCH3 is 1. The van der Waals surface area contributed by atoms with Gasteiger partial charge >= 0.3 is 0 Å². The van der Waals surface area contributed by atoms with Crippen molar-refractivity contribution in [2.24, 2.45) is 11.1 Å². The first-order valence-electron chi connectivity index (χ1n) is 13.8. The number of fused-ring (bicyclic) bond motifs is 1. The van der Waals surface area contributed by atoms with E-state index in [1.807, 2.05) is 12.3 Å². The minimum Gasteiger partial charge on any atom is -0.497 e. The number of nitrogens with two attached hydrogens (primary N) is 1. The van der Waals surface area contributed by atoms with E-state index in [1.54, 1.807) is 19.4 Å². The van der Waals surface area contributed by atoms with Gasteiger partial charge in [-0.15, -0.1) is 5.54 Å². The number of hydrogen-bond donors (Lipinski definition) is 1. The summed E-state index contributed by atoms with van der Waals surface area (Å²) in [5, 5.41) is 0. The predicted octanol–water partition coefficient (Wildman–Crippen LogP) is 5.18. The number of nitrogens with zero attached hydrogens (tertiary/aromatic N) is 2. The summed E-state index contributed by atoms with van der Waals surface area (Å²) < 4.78 is 5.58. The first kappa shape index (κ1) is 26.5. The van der Waals surface area contributed by atoms with Gasteiger partial charge in [-0.05, 0) is 83.7 Å². The van der Waals surface area contributed by atoms with Crippen molar-refractivity contribution < 1.29 is 14.3 Å². The lowest BCUT2D eigenvalue weighted by atomic mass is 9.30. The van der Waals surface area contributed by atoms with E-state index < -0.39 is 14.0 Å². The Labute approximate surface area is 227 Å². The molecular formula is C31H39N3O3Si. The number of ether oxygens (including phenoxy) is 1. The molecular weight excluding hydrogens is 490 g/mol. The third-order valence-electron chi connectivity index (χ3n) is 8.75. The van der Waals surface area contributed by atoms with Crippen LogP contribution in [-0.4, -0.2) is 42.9 Å². The molecule has 1 aromatic carbocycles. The Morgan fingerprint density at radius 1 is 1.21 bits per heavy atom. The molecule has 2 amide bonds. The van der Waals surface area contributed by atoms with Gasteiger partial charge in [0.15, 0.2) is 0 Å². The van der Waals surface area contributed by atoms with Crippen molar-refractivity contribution in [1.29, 1.82) is 0 Å². The van der Waals surface area contributed by atoms with Crippen LogP contribution in [0, 0.1) is 16.9 Å². The van der Waals surface area contributed by atoms with Crippen LogP contribution in [0.15, 0.2) is 36.7 Å². The number of carbonyl (C=O) groups excluding carboxylic acids is 2. The number of benzene rings is 1. The molecule has 3 saturated carbocycles. The minimum atomic E-state index is -1.72. The number of unbranched alkanes of at least 4 members (excludes halogenated alkanes) is 1. The number of amides is 2. The van der Waals surface area contributed by atoms with E-state index in [2.05, 4.69) is 60.0 Å². The highest BCUT2D eigenvalue weighted by molar-refractivity contribution is 6.84. The molecule has 4 aliphatic rings. The number of hydrogen-bond acceptors (Lipinski definition) is 4. The van der Waals surface area contributed by atoms with Crippen LogP contribution in [0.25, 0.3) is 0 Å². The molecule has 2 aromatic rings. The Morgan fingerprint density at radius 2 is 1.95 bits per heavy atom. The number of aromatic nitrogens is 1. The molecule has 2 atom stereocenters. The van der Waals surface area contributed by atoms with Gasteiger partial charge in [0.1, 0.15) is 13.8 Å². The SMILES string of the molecule is CCCC[C@H]1Cc2cc(OC)ccc2[C@H](C23CC(c4cnccc4C(N)=O)(C2)C3)N1C(=O)C#C[Si](C)(C)C. The molecule has 1 aliphatic heterocycles. The highest BCUT2D eigenvalue weighted by Gasteiger charge is 2.73. The molecule has 0 radical (unpaired) electrons. The molecule has 2 heterocycles. The third-order valence-corrected chi connectivity index (χ3v) is 9.63. The van der Waals surface area contributed by atoms with Crippen molar-refractivity contribution in [2.45, 2.75) is 89.0 Å². The van der Waals surface area contributed by atoms with E-state index >= 15 is 0 Å². The van der Waals surface area contributed by atoms with Crippen molar-refractivity contribution in [1.82, 2.24) is 9.88 Å². The summed E-state index contributed by atoms with van der Waals surface area (Å²) in [5.41, 5.74) is 12.9. The van der Waals surface area contributed by atoms with Crippen LogP contribution < -0.4 is 10.5 Å². The molecule has 2 N–H and O–H groups in total. The summed E-state index contributed by atoms with van der Waals surface area (Å²) in [6.07, 6.45) is 10.1. The van der Waals surface area contributed by atoms with E-state index in [1.165, 1.54) is 11.1 Å². The van der Waals surface area contributed by atoms with Crippen LogP contribution in [0.5, 0.6) is 5.75 Å². The second kappa shape index (κ2) is 9.57. The Kier molecular flexibility index (Phi) is 6.67. The predicted molar refractivity (Wildman–Crippen MR) is 151 cm³/mol. The molecule has 3 aliphatic carbocycles. The molecule has 6 rings (SSSR count). The largest absolute Gasteiger partial charge is 0.497 e. The number of pyridine rings is 1. The first-order chi connectivity index (χ1) is 18.0. The second-order valence-electron chi connectivity index (χ2n) is 12.6. The van der Waals surface area contributed by atoms with Gasteiger partial charge in [0.25, 0.3) is 5.91 Å². The average molecular weight is 530 g/mol. The van der Waals surface area contributed by atoms with Crippen LogP contribution in [0.3, 0.4) is 0 Å². The molecule has 0 unspecified atom stereocenters.